The Morgan fingerprint density at radius 2 is 1.56 bits per heavy atom. The predicted octanol–water partition coefficient (Wildman–Crippen LogP) is 0.00960. The zero-order valence-corrected chi connectivity index (χ0v) is 9.97. The maximum Gasteiger partial charge on any atom is 0.326 e. The largest absolute Gasteiger partial charge is 0.481 e. The second-order valence-electron chi connectivity index (χ2n) is 4.02. The van der Waals surface area contributed by atoms with Crippen molar-refractivity contribution in [1.82, 2.24) is 4.90 Å². The highest BCUT2D eigenvalue weighted by Gasteiger charge is 2.41. The quantitative estimate of drug-likeness (QED) is 0.669. The van der Waals surface area contributed by atoms with Crippen molar-refractivity contribution in [2.75, 3.05) is 0 Å². The van der Waals surface area contributed by atoms with Gasteiger partial charge in [0, 0.05) is 17.6 Å². The molecule has 0 saturated heterocycles. The molecule has 7 nitrogen and oxygen atoms in total. The van der Waals surface area contributed by atoms with E-state index in [-0.39, 0.29) is 17.6 Å². The van der Waals surface area contributed by atoms with E-state index in [0.717, 1.165) is 0 Å². The molecule has 1 rings (SSSR count). The van der Waals surface area contributed by atoms with Crippen molar-refractivity contribution in [3.8, 4) is 0 Å². The maximum absolute atomic E-state index is 11.8. The molecule has 1 unspecified atom stereocenters. The lowest BCUT2D eigenvalue weighted by atomic mass is 10.1. The molecular formula is C11H13NO6. The lowest BCUT2D eigenvalue weighted by Gasteiger charge is -2.22. The molecule has 0 aliphatic carbocycles. The van der Waals surface area contributed by atoms with Crippen LogP contribution in [0.2, 0.25) is 0 Å². The number of hydrogen-bond donors (Lipinski definition) is 2. The van der Waals surface area contributed by atoms with Gasteiger partial charge < -0.3 is 10.2 Å². The Labute approximate surface area is 103 Å². The van der Waals surface area contributed by atoms with E-state index in [2.05, 4.69) is 0 Å². The summed E-state index contributed by atoms with van der Waals surface area (Å²) in [6, 6.07) is -1.44. The Hall–Kier alpha value is -2.18. The number of rotatable bonds is 5. The van der Waals surface area contributed by atoms with Gasteiger partial charge >= 0.3 is 11.9 Å². The van der Waals surface area contributed by atoms with Crippen LogP contribution in [0, 0.1) is 0 Å². The summed E-state index contributed by atoms with van der Waals surface area (Å²) in [6.45, 7) is 2.87. The molecule has 0 aromatic carbocycles. The van der Waals surface area contributed by atoms with E-state index >= 15 is 0 Å². The van der Waals surface area contributed by atoms with Crippen LogP contribution in [-0.4, -0.2) is 44.9 Å². The van der Waals surface area contributed by atoms with Gasteiger partial charge in [0.1, 0.15) is 6.04 Å². The number of carbonyl (C=O) groups excluding carboxylic acids is 2. The molecule has 1 atom stereocenters. The van der Waals surface area contributed by atoms with Gasteiger partial charge in [-0.05, 0) is 20.3 Å². The topological polar surface area (TPSA) is 112 Å². The average molecular weight is 255 g/mol. The van der Waals surface area contributed by atoms with E-state index < -0.39 is 36.2 Å². The molecule has 2 N–H and O–H groups in total. The number of nitrogens with zero attached hydrogens (tertiary/aromatic N) is 1. The van der Waals surface area contributed by atoms with Crippen molar-refractivity contribution >= 4 is 23.8 Å². The summed E-state index contributed by atoms with van der Waals surface area (Å²) in [6.07, 6.45) is -0.727. The molecule has 0 saturated carbocycles. The lowest BCUT2D eigenvalue weighted by Crippen LogP contribution is -2.46. The summed E-state index contributed by atoms with van der Waals surface area (Å²) >= 11 is 0. The summed E-state index contributed by atoms with van der Waals surface area (Å²) in [5.74, 6) is -3.91. The van der Waals surface area contributed by atoms with Gasteiger partial charge in [-0.25, -0.2) is 4.79 Å². The van der Waals surface area contributed by atoms with Crippen LogP contribution in [-0.2, 0) is 19.2 Å². The van der Waals surface area contributed by atoms with E-state index in [1.165, 1.54) is 13.8 Å². The second kappa shape index (κ2) is 4.99. The molecule has 0 aromatic heterocycles. The smallest absolute Gasteiger partial charge is 0.326 e. The van der Waals surface area contributed by atoms with E-state index in [9.17, 15) is 19.2 Å². The Morgan fingerprint density at radius 1 is 1.11 bits per heavy atom. The standard InChI is InChI=1S/C11H13NO6/c1-5-6(2)10(16)12(9(5)15)7(11(17)18)3-4-8(13)14/h7H,3-4H2,1-2H3,(H,13,14)(H,17,18). The summed E-state index contributed by atoms with van der Waals surface area (Å²) in [5.41, 5.74) is 0.392. The van der Waals surface area contributed by atoms with E-state index in [1.807, 2.05) is 0 Å². The number of carboxylic acids is 2. The maximum atomic E-state index is 11.8. The first kappa shape index (κ1) is 13.9. The molecule has 98 valence electrons. The molecule has 18 heavy (non-hydrogen) atoms. The SMILES string of the molecule is CC1=C(C)C(=O)N(C(CCC(=O)O)C(=O)O)C1=O. The number of carbonyl (C=O) groups is 4. The summed E-state index contributed by atoms with van der Waals surface area (Å²) in [7, 11) is 0. The summed E-state index contributed by atoms with van der Waals surface area (Å²) in [5, 5.41) is 17.5. The lowest BCUT2D eigenvalue weighted by molar-refractivity contribution is -0.154. The minimum absolute atomic E-state index is 0.196. The molecular weight excluding hydrogens is 242 g/mol. The van der Waals surface area contributed by atoms with Gasteiger partial charge in [0.15, 0.2) is 0 Å². The van der Waals surface area contributed by atoms with E-state index in [4.69, 9.17) is 10.2 Å². The second-order valence-corrected chi connectivity index (χ2v) is 4.02. The molecule has 1 aliphatic rings. The zero-order valence-electron chi connectivity index (χ0n) is 9.97. The number of imide groups is 1. The highest BCUT2D eigenvalue weighted by Crippen LogP contribution is 2.24. The van der Waals surface area contributed by atoms with Crippen molar-refractivity contribution in [3.05, 3.63) is 11.1 Å². The third kappa shape index (κ3) is 2.39. The summed E-state index contributed by atoms with van der Waals surface area (Å²) in [4.78, 5) is 45.6. The molecule has 1 aliphatic heterocycles. The first-order chi connectivity index (χ1) is 8.27. The van der Waals surface area contributed by atoms with Crippen LogP contribution in [0.1, 0.15) is 26.7 Å². The van der Waals surface area contributed by atoms with Crippen LogP contribution in [0.4, 0.5) is 0 Å². The van der Waals surface area contributed by atoms with Crippen LogP contribution in [0.5, 0.6) is 0 Å². The van der Waals surface area contributed by atoms with Crippen molar-refractivity contribution in [2.24, 2.45) is 0 Å². The van der Waals surface area contributed by atoms with E-state index in [0.29, 0.717) is 4.90 Å². The number of aliphatic carboxylic acids is 2. The van der Waals surface area contributed by atoms with E-state index in [1.54, 1.807) is 0 Å². The predicted molar refractivity (Wildman–Crippen MR) is 58.5 cm³/mol. The van der Waals surface area contributed by atoms with Crippen LogP contribution in [0.25, 0.3) is 0 Å². The van der Waals surface area contributed by atoms with Crippen molar-refractivity contribution in [2.45, 2.75) is 32.7 Å². The van der Waals surface area contributed by atoms with Gasteiger partial charge in [0.05, 0.1) is 0 Å². The average Bonchev–Trinajstić information content (AvgIpc) is 2.45. The molecule has 0 radical (unpaired) electrons. The minimum Gasteiger partial charge on any atom is -0.481 e. The molecule has 0 aromatic rings. The third-order valence-corrected chi connectivity index (χ3v) is 2.87. The Balaban J connectivity index is 2.96. The van der Waals surface area contributed by atoms with Crippen molar-refractivity contribution in [3.63, 3.8) is 0 Å². The third-order valence-electron chi connectivity index (χ3n) is 2.87. The number of amides is 2. The highest BCUT2D eigenvalue weighted by atomic mass is 16.4. The Kier molecular flexibility index (Phi) is 3.85. The summed E-state index contributed by atoms with van der Waals surface area (Å²) < 4.78 is 0. The molecule has 7 heteroatoms. The van der Waals surface area contributed by atoms with Gasteiger partial charge in [0.2, 0.25) is 0 Å². The first-order valence-corrected chi connectivity index (χ1v) is 5.27. The fourth-order valence-corrected chi connectivity index (χ4v) is 1.68. The fraction of sp³-hybridized carbons (Fsp3) is 0.455. The van der Waals surface area contributed by atoms with Crippen LogP contribution >= 0.6 is 0 Å². The fourth-order valence-electron chi connectivity index (χ4n) is 1.68. The van der Waals surface area contributed by atoms with Crippen molar-refractivity contribution in [1.29, 1.82) is 0 Å². The van der Waals surface area contributed by atoms with Gasteiger partial charge in [-0.2, -0.15) is 0 Å². The van der Waals surface area contributed by atoms with Gasteiger partial charge in [-0.3, -0.25) is 19.3 Å². The van der Waals surface area contributed by atoms with Crippen LogP contribution in [0.15, 0.2) is 11.1 Å². The van der Waals surface area contributed by atoms with Crippen molar-refractivity contribution < 1.29 is 29.4 Å². The zero-order chi connectivity index (χ0) is 14.0. The Morgan fingerprint density at radius 3 is 1.89 bits per heavy atom. The number of hydrogen-bond acceptors (Lipinski definition) is 4. The molecule has 0 spiro atoms. The van der Waals surface area contributed by atoms with Gasteiger partial charge in [0.25, 0.3) is 11.8 Å². The molecule has 2 amide bonds. The molecule has 1 heterocycles. The van der Waals surface area contributed by atoms with Gasteiger partial charge in [-0.1, -0.05) is 0 Å². The normalized spacial score (nSPS) is 17.3. The minimum atomic E-state index is -1.44. The van der Waals surface area contributed by atoms with Crippen LogP contribution in [0.3, 0.4) is 0 Å². The first-order valence-electron chi connectivity index (χ1n) is 5.27. The monoisotopic (exact) mass is 255 g/mol. The van der Waals surface area contributed by atoms with Crippen LogP contribution < -0.4 is 0 Å². The molecule has 0 bridgehead atoms. The highest BCUT2D eigenvalue weighted by molar-refractivity contribution is 6.20. The Bertz CT molecular complexity index is 440. The van der Waals surface area contributed by atoms with Gasteiger partial charge in [-0.15, -0.1) is 0 Å². The molecule has 0 fully saturated rings. The number of carboxylic acid groups (broad SMARTS) is 2.